The van der Waals surface area contributed by atoms with E-state index in [0.717, 1.165) is 22.6 Å². The van der Waals surface area contributed by atoms with E-state index in [0.29, 0.717) is 23.0 Å². The van der Waals surface area contributed by atoms with Crippen molar-refractivity contribution in [3.05, 3.63) is 107 Å². The largest absolute Gasteiger partial charge is 0.506 e. The lowest BCUT2D eigenvalue weighted by Gasteiger charge is -2.28. The minimum atomic E-state index is -0.360. The average Bonchev–Trinajstić information content (AvgIpc) is 3.39. The molecule has 9 heteroatoms. The van der Waals surface area contributed by atoms with Gasteiger partial charge >= 0.3 is 0 Å². The number of carbonyl (C=O) groups excluding carboxylic acids is 1. The number of nitrogens with zero attached hydrogens (tertiary/aromatic N) is 3. The first kappa shape index (κ1) is 25.4. The minimum Gasteiger partial charge on any atom is -0.506 e. The molecule has 0 unspecified atom stereocenters. The number of phenols is 1. The second-order valence-corrected chi connectivity index (χ2v) is 9.66. The monoisotopic (exact) mass is 529 g/mol. The van der Waals surface area contributed by atoms with E-state index < -0.39 is 0 Å². The van der Waals surface area contributed by atoms with Gasteiger partial charge in [0.2, 0.25) is 5.91 Å². The molecule has 0 bridgehead atoms. The van der Waals surface area contributed by atoms with Crippen LogP contribution in [0.1, 0.15) is 41.1 Å². The molecule has 0 spiro atoms. The number of hydrogen-bond acceptors (Lipinski definition) is 4. The maximum atomic E-state index is 13.2. The molecule has 2 atom stereocenters. The Morgan fingerprint density at radius 1 is 1.11 bits per heavy atom. The molecule has 7 nitrogen and oxygen atoms in total. The third-order valence-electron chi connectivity index (χ3n) is 6.82. The molecule has 38 heavy (non-hydrogen) atoms. The van der Waals surface area contributed by atoms with E-state index in [1.54, 1.807) is 18.3 Å². The van der Waals surface area contributed by atoms with Gasteiger partial charge in [-0.15, -0.1) is 0 Å². The molecule has 1 amide bonds. The molecule has 1 aliphatic heterocycles. The second kappa shape index (κ2) is 10.6. The van der Waals surface area contributed by atoms with Crippen LogP contribution in [0.4, 0.5) is 10.1 Å². The topological polar surface area (TPSA) is 82.4 Å². The lowest BCUT2D eigenvalue weighted by molar-refractivity contribution is -0.116. The van der Waals surface area contributed by atoms with Gasteiger partial charge in [0.25, 0.3) is 0 Å². The summed E-state index contributed by atoms with van der Waals surface area (Å²) in [6.07, 6.45) is 1.93. The predicted octanol–water partition coefficient (Wildman–Crippen LogP) is 5.34. The van der Waals surface area contributed by atoms with Gasteiger partial charge in [-0.1, -0.05) is 18.2 Å². The van der Waals surface area contributed by atoms with Crippen LogP contribution in [0.2, 0.25) is 0 Å². The van der Waals surface area contributed by atoms with Crippen LogP contribution < -0.4 is 10.6 Å². The number of aromatic nitrogens is 2. The van der Waals surface area contributed by atoms with Gasteiger partial charge in [-0.05, 0) is 86.2 Å². The second-order valence-electron chi connectivity index (χ2n) is 9.28. The SMILES string of the molecule is Cc1cc([C@H]2[C@H](c3ccccn3)NC(=S)N2CCC(=O)Nc2ccc(F)cc2)c(C)n1-c1ccccc1O. The Morgan fingerprint density at radius 2 is 1.84 bits per heavy atom. The first-order valence-corrected chi connectivity index (χ1v) is 12.7. The number of halogens is 1. The first-order valence-electron chi connectivity index (χ1n) is 12.3. The molecular formula is C29H28FN5O2S. The summed E-state index contributed by atoms with van der Waals surface area (Å²) in [4.78, 5) is 19.4. The number of pyridine rings is 1. The van der Waals surface area contributed by atoms with Gasteiger partial charge in [-0.3, -0.25) is 9.78 Å². The van der Waals surface area contributed by atoms with Gasteiger partial charge in [-0.2, -0.15) is 0 Å². The third kappa shape index (κ3) is 4.97. The van der Waals surface area contributed by atoms with Crippen LogP contribution in [-0.2, 0) is 4.79 Å². The fourth-order valence-corrected chi connectivity index (χ4v) is 5.41. The zero-order valence-corrected chi connectivity index (χ0v) is 21.9. The number of anilines is 1. The molecule has 194 valence electrons. The van der Waals surface area contributed by atoms with Crippen LogP contribution in [0, 0.1) is 19.7 Å². The van der Waals surface area contributed by atoms with Crippen LogP contribution in [0.15, 0.2) is 79.0 Å². The maximum Gasteiger partial charge on any atom is 0.226 e. The third-order valence-corrected chi connectivity index (χ3v) is 7.17. The van der Waals surface area contributed by atoms with Crippen LogP contribution in [0.3, 0.4) is 0 Å². The van der Waals surface area contributed by atoms with Crippen LogP contribution in [0.5, 0.6) is 5.75 Å². The van der Waals surface area contributed by atoms with Crippen LogP contribution in [0.25, 0.3) is 5.69 Å². The Morgan fingerprint density at radius 3 is 2.55 bits per heavy atom. The smallest absolute Gasteiger partial charge is 0.226 e. The Kier molecular flexibility index (Phi) is 7.11. The highest BCUT2D eigenvalue weighted by Gasteiger charge is 2.41. The predicted molar refractivity (Wildman–Crippen MR) is 149 cm³/mol. The van der Waals surface area contributed by atoms with Crippen molar-refractivity contribution < 1.29 is 14.3 Å². The zero-order valence-electron chi connectivity index (χ0n) is 21.1. The molecular weight excluding hydrogens is 501 g/mol. The summed E-state index contributed by atoms with van der Waals surface area (Å²) < 4.78 is 15.3. The standard InChI is InChI=1S/C29H28FN5O2S/c1-18-17-22(19(2)35(18)24-8-3-4-9-25(24)36)28-27(23-7-5-6-15-31-23)33-29(38)34(28)16-14-26(37)32-21-12-10-20(30)11-13-21/h3-13,15,17,27-28,36H,14,16H2,1-2H3,(H,32,37)(H,33,38)/t27-,28-/m0/s1. The van der Waals surface area contributed by atoms with E-state index in [9.17, 15) is 14.3 Å². The number of phenolic OH excluding ortho intramolecular Hbond substituents is 1. The molecule has 0 aliphatic carbocycles. The van der Waals surface area contributed by atoms with Crippen molar-refractivity contribution in [3.8, 4) is 11.4 Å². The van der Waals surface area contributed by atoms with Crippen molar-refractivity contribution in [1.82, 2.24) is 19.8 Å². The highest BCUT2D eigenvalue weighted by molar-refractivity contribution is 7.80. The fourth-order valence-electron chi connectivity index (χ4n) is 5.07. The summed E-state index contributed by atoms with van der Waals surface area (Å²) in [6, 6.07) is 20.3. The summed E-state index contributed by atoms with van der Waals surface area (Å²) in [5.74, 6) is -0.364. The Balaban J connectivity index is 1.47. The maximum absolute atomic E-state index is 13.2. The van der Waals surface area contributed by atoms with Crippen molar-refractivity contribution in [3.63, 3.8) is 0 Å². The van der Waals surface area contributed by atoms with E-state index in [-0.39, 0.29) is 36.0 Å². The summed E-state index contributed by atoms with van der Waals surface area (Å²) in [7, 11) is 0. The van der Waals surface area contributed by atoms with Gasteiger partial charge in [0, 0.05) is 36.2 Å². The quantitative estimate of drug-likeness (QED) is 0.281. The molecule has 4 aromatic rings. The van der Waals surface area contributed by atoms with Crippen molar-refractivity contribution in [1.29, 1.82) is 0 Å². The fraction of sp³-hybridized carbons (Fsp3) is 0.207. The summed E-state index contributed by atoms with van der Waals surface area (Å²) in [5.41, 5.74) is 5.01. The molecule has 2 aromatic heterocycles. The van der Waals surface area contributed by atoms with Crippen molar-refractivity contribution in [2.75, 3.05) is 11.9 Å². The van der Waals surface area contributed by atoms with E-state index in [1.165, 1.54) is 24.3 Å². The highest BCUT2D eigenvalue weighted by Crippen LogP contribution is 2.42. The lowest BCUT2D eigenvalue weighted by Crippen LogP contribution is -2.32. The number of aromatic hydroxyl groups is 1. The van der Waals surface area contributed by atoms with Gasteiger partial charge in [-0.25, -0.2) is 4.39 Å². The molecule has 3 heterocycles. The number of benzene rings is 2. The number of carbonyl (C=O) groups is 1. The minimum absolute atomic E-state index is 0.183. The summed E-state index contributed by atoms with van der Waals surface area (Å²) in [6.45, 7) is 4.39. The molecule has 5 rings (SSSR count). The number of nitrogens with one attached hydrogen (secondary N) is 2. The Hall–Kier alpha value is -4.24. The zero-order chi connectivity index (χ0) is 26.8. The van der Waals surface area contributed by atoms with E-state index >= 15 is 0 Å². The summed E-state index contributed by atoms with van der Waals surface area (Å²) in [5, 5.41) is 17.3. The van der Waals surface area contributed by atoms with Gasteiger partial charge < -0.3 is 25.2 Å². The number of hydrogen-bond donors (Lipinski definition) is 3. The van der Waals surface area contributed by atoms with Crippen molar-refractivity contribution >= 4 is 28.9 Å². The average molecular weight is 530 g/mol. The van der Waals surface area contributed by atoms with Gasteiger partial charge in [0.05, 0.1) is 23.5 Å². The first-order chi connectivity index (χ1) is 18.3. The van der Waals surface area contributed by atoms with Gasteiger partial charge in [0.15, 0.2) is 5.11 Å². The van der Waals surface area contributed by atoms with Crippen LogP contribution in [-0.4, -0.2) is 37.1 Å². The molecule has 1 saturated heterocycles. The number of amides is 1. The molecule has 1 fully saturated rings. The number of thiocarbonyl (C=S) groups is 1. The van der Waals surface area contributed by atoms with E-state index in [4.69, 9.17) is 12.2 Å². The number of aryl methyl sites for hydroxylation is 1. The number of para-hydroxylation sites is 2. The normalized spacial score (nSPS) is 16.9. The Bertz CT molecular complexity index is 1470. The van der Waals surface area contributed by atoms with E-state index in [2.05, 4.69) is 21.7 Å². The molecule has 0 saturated carbocycles. The number of rotatable bonds is 7. The Labute approximate surface area is 225 Å². The highest BCUT2D eigenvalue weighted by atomic mass is 32.1. The lowest BCUT2D eigenvalue weighted by atomic mass is 9.96. The molecule has 3 N–H and O–H groups in total. The molecule has 2 aromatic carbocycles. The summed E-state index contributed by atoms with van der Waals surface area (Å²) >= 11 is 5.75. The van der Waals surface area contributed by atoms with Gasteiger partial charge in [0.1, 0.15) is 11.6 Å². The van der Waals surface area contributed by atoms with Crippen LogP contribution >= 0.6 is 12.2 Å². The van der Waals surface area contributed by atoms with Crippen molar-refractivity contribution in [2.24, 2.45) is 0 Å². The van der Waals surface area contributed by atoms with E-state index in [1.807, 2.05) is 53.6 Å². The molecule has 0 radical (unpaired) electrons. The van der Waals surface area contributed by atoms with Crippen molar-refractivity contribution in [2.45, 2.75) is 32.4 Å². The molecule has 1 aliphatic rings.